The summed E-state index contributed by atoms with van der Waals surface area (Å²) >= 11 is 0. The van der Waals surface area contributed by atoms with E-state index in [1.165, 1.54) is 27.8 Å². The molecule has 0 fully saturated rings. The predicted molar refractivity (Wildman–Crippen MR) is 260 cm³/mol. The van der Waals surface area contributed by atoms with E-state index in [4.69, 9.17) is 9.72 Å². The van der Waals surface area contributed by atoms with E-state index in [0.717, 1.165) is 55.6 Å². The summed E-state index contributed by atoms with van der Waals surface area (Å²) in [5.74, 6) is 2.01. The number of nitrogens with zero attached hydrogens (tertiary/aromatic N) is 4. The molecular weight excluding hydrogens is 964 g/mol. The zero-order chi connectivity index (χ0) is 44.6. The maximum atomic E-state index is 6.65. The summed E-state index contributed by atoms with van der Waals surface area (Å²) in [6.45, 7) is 27.6. The first-order valence-corrected chi connectivity index (χ1v) is 22.1. The quantitative estimate of drug-likeness (QED) is 0.123. The molecule has 0 radical (unpaired) electrons. The third kappa shape index (κ3) is 8.36. The minimum atomic E-state index is -0.0904. The molecule has 328 valence electrons. The fourth-order valence-corrected chi connectivity index (χ4v) is 8.72. The van der Waals surface area contributed by atoms with Gasteiger partial charge in [-0.3, -0.25) is 4.57 Å². The number of pyridine rings is 1. The van der Waals surface area contributed by atoms with Crippen LogP contribution in [0.3, 0.4) is 0 Å². The van der Waals surface area contributed by atoms with Crippen molar-refractivity contribution >= 4 is 32.8 Å². The largest absolute Gasteiger partial charge is 0.510 e. The predicted octanol–water partition coefficient (Wildman–Crippen LogP) is 14.4. The van der Waals surface area contributed by atoms with Crippen molar-refractivity contribution in [1.82, 2.24) is 14.1 Å². The van der Waals surface area contributed by atoms with Gasteiger partial charge in [-0.2, -0.15) is 18.2 Å². The van der Waals surface area contributed by atoms with Crippen molar-refractivity contribution in [2.45, 2.75) is 105 Å². The van der Waals surface area contributed by atoms with Crippen LogP contribution in [0.4, 0.5) is 0 Å². The molecule has 9 aromatic rings. The van der Waals surface area contributed by atoms with E-state index in [1.807, 2.05) is 30.5 Å². The van der Waals surface area contributed by atoms with Crippen LogP contribution in [0.2, 0.25) is 0 Å². The Morgan fingerprint density at radius 2 is 1.19 bits per heavy atom. The van der Waals surface area contributed by atoms with Gasteiger partial charge in [0.05, 0.1) is 16.7 Å². The summed E-state index contributed by atoms with van der Waals surface area (Å²) < 4.78 is 13.1. The maximum Gasteiger partial charge on any atom is 0.268 e. The second-order valence-corrected chi connectivity index (χ2v) is 21.1. The molecular formula is C58H58N4OPt-2. The fraction of sp³-hybridized carbons (Fsp3) is 0.276. The second-order valence-electron chi connectivity index (χ2n) is 21.1. The molecule has 5 nitrogen and oxygen atoms in total. The maximum absolute atomic E-state index is 6.65. The van der Waals surface area contributed by atoms with Crippen molar-refractivity contribution < 1.29 is 30.4 Å². The number of ether oxygens (including phenoxy) is 1. The molecule has 0 saturated heterocycles. The molecule has 0 unspecified atom stereocenters. The first kappa shape index (κ1) is 44.8. The topological polar surface area (TPSA) is 35.9 Å². The Bertz CT molecular complexity index is 3160. The molecule has 64 heavy (non-hydrogen) atoms. The van der Waals surface area contributed by atoms with Crippen molar-refractivity contribution in [1.29, 1.82) is 0 Å². The van der Waals surface area contributed by atoms with Crippen LogP contribution in [0, 0.1) is 18.5 Å². The smallest absolute Gasteiger partial charge is 0.268 e. The number of imidazole rings is 1. The van der Waals surface area contributed by atoms with Gasteiger partial charge in [0.1, 0.15) is 5.82 Å². The molecule has 3 heterocycles. The van der Waals surface area contributed by atoms with Crippen LogP contribution in [-0.4, -0.2) is 14.1 Å². The van der Waals surface area contributed by atoms with Crippen molar-refractivity contribution in [2.24, 2.45) is 0 Å². The van der Waals surface area contributed by atoms with Gasteiger partial charge in [0.25, 0.3) is 6.33 Å². The van der Waals surface area contributed by atoms with E-state index in [2.05, 4.69) is 218 Å². The molecule has 9 rings (SSSR count). The molecule has 0 aliphatic carbocycles. The van der Waals surface area contributed by atoms with Gasteiger partial charge >= 0.3 is 0 Å². The Morgan fingerprint density at radius 3 is 1.88 bits per heavy atom. The van der Waals surface area contributed by atoms with Gasteiger partial charge in [-0.1, -0.05) is 155 Å². The molecule has 0 saturated carbocycles. The SMILES string of the molecule is CC(C)(C)c1cccc(-[n+]2[c-]n(-c3[c-]c(Oc4[c-]c5c(cc4)c4ccccc4n5-c4cc(-c5c(C(C)(C)C)cc(C(C)(C)C)cc5C(C)(C)C)ccn4)ccc3)c3ccccc32)c1.[Pt]. The Hall–Kier alpha value is -5.77. The Kier molecular flexibility index (Phi) is 11.4. The van der Waals surface area contributed by atoms with Gasteiger partial charge in [0, 0.05) is 44.3 Å². The standard InChI is InChI=1S/C58H58N4O.Pt/c1-55(2,3)39-19-17-20-41(32-39)60-37-61(51-26-16-15-25-50(51)60)42-21-18-22-43(35-42)63-44-27-28-46-45-23-13-14-24-49(45)62(52(46)36-44)53-31-38(29-30-59-53)54-47(57(7,8)9)33-40(56(4,5)6)34-48(54)58(10,11)12;/h13-34H,1-12H3;/q-2;. The minimum Gasteiger partial charge on any atom is -0.510 e. The first-order valence-electron chi connectivity index (χ1n) is 22.1. The zero-order valence-corrected chi connectivity index (χ0v) is 41.5. The average molecular weight is 1020 g/mol. The number of benzene rings is 6. The Balaban J connectivity index is 0.00000560. The average Bonchev–Trinajstić information content (AvgIpc) is 3.78. The number of hydrogen-bond acceptors (Lipinski definition) is 2. The summed E-state index contributed by atoms with van der Waals surface area (Å²) in [6.07, 6.45) is 5.59. The molecule has 0 N–H and O–H groups in total. The molecule has 0 bridgehead atoms. The number of para-hydroxylation sites is 3. The van der Waals surface area contributed by atoms with E-state index in [-0.39, 0.29) is 42.7 Å². The molecule has 0 amide bonds. The van der Waals surface area contributed by atoms with Crippen LogP contribution >= 0.6 is 0 Å². The molecule has 6 aromatic carbocycles. The minimum absolute atomic E-state index is 0. The van der Waals surface area contributed by atoms with Crippen LogP contribution in [0.15, 0.2) is 134 Å². The van der Waals surface area contributed by atoms with E-state index >= 15 is 0 Å². The van der Waals surface area contributed by atoms with Crippen LogP contribution in [0.25, 0.3) is 61.2 Å². The molecule has 0 aliphatic rings. The van der Waals surface area contributed by atoms with Gasteiger partial charge in [0.2, 0.25) is 0 Å². The van der Waals surface area contributed by atoms with Gasteiger partial charge in [0.15, 0.2) is 0 Å². The van der Waals surface area contributed by atoms with Gasteiger partial charge in [-0.25, -0.2) is 4.98 Å². The summed E-state index contributed by atoms with van der Waals surface area (Å²) in [4.78, 5) is 5.06. The van der Waals surface area contributed by atoms with Crippen molar-refractivity contribution in [3.63, 3.8) is 0 Å². The van der Waals surface area contributed by atoms with Crippen LogP contribution in [-0.2, 0) is 42.7 Å². The van der Waals surface area contributed by atoms with Crippen molar-refractivity contribution in [2.75, 3.05) is 0 Å². The third-order valence-corrected chi connectivity index (χ3v) is 12.2. The first-order chi connectivity index (χ1) is 29.8. The molecule has 0 atom stereocenters. The van der Waals surface area contributed by atoms with E-state index in [1.54, 1.807) is 0 Å². The van der Waals surface area contributed by atoms with E-state index in [9.17, 15) is 0 Å². The molecule has 6 heteroatoms. The van der Waals surface area contributed by atoms with E-state index < -0.39 is 0 Å². The summed E-state index contributed by atoms with van der Waals surface area (Å²) in [7, 11) is 0. The number of hydrogen-bond donors (Lipinski definition) is 0. The van der Waals surface area contributed by atoms with Crippen molar-refractivity contribution in [3.8, 4) is 39.8 Å². The number of fused-ring (bicyclic) bond motifs is 4. The zero-order valence-electron chi connectivity index (χ0n) is 39.2. The van der Waals surface area contributed by atoms with Crippen LogP contribution in [0.5, 0.6) is 11.5 Å². The number of aromatic nitrogens is 4. The van der Waals surface area contributed by atoms with Crippen LogP contribution < -0.4 is 9.30 Å². The normalized spacial score (nSPS) is 12.6. The summed E-state index contributed by atoms with van der Waals surface area (Å²) in [5.41, 5.74) is 13.5. The van der Waals surface area contributed by atoms with Gasteiger partial charge in [-0.15, -0.1) is 29.7 Å². The van der Waals surface area contributed by atoms with Gasteiger partial charge < -0.3 is 13.9 Å². The summed E-state index contributed by atoms with van der Waals surface area (Å²) in [5, 5.41) is 2.21. The number of rotatable bonds is 6. The summed E-state index contributed by atoms with van der Waals surface area (Å²) in [6, 6.07) is 52.3. The van der Waals surface area contributed by atoms with Crippen LogP contribution in [0.1, 0.15) is 105 Å². The van der Waals surface area contributed by atoms with E-state index in [0.29, 0.717) is 11.5 Å². The molecule has 0 spiro atoms. The Labute approximate surface area is 394 Å². The molecule has 0 aliphatic heterocycles. The Morgan fingerprint density at radius 1 is 0.547 bits per heavy atom. The fourth-order valence-electron chi connectivity index (χ4n) is 8.72. The van der Waals surface area contributed by atoms with Crippen molar-refractivity contribution in [3.05, 3.63) is 174 Å². The monoisotopic (exact) mass is 1020 g/mol. The third-order valence-electron chi connectivity index (χ3n) is 12.2. The van der Waals surface area contributed by atoms with Gasteiger partial charge in [-0.05, 0) is 96.4 Å². The second kappa shape index (κ2) is 16.3. The molecule has 3 aromatic heterocycles.